The maximum atomic E-state index is 14.4. The van der Waals surface area contributed by atoms with Crippen LogP contribution in [-0.2, 0) is 10.3 Å². The van der Waals surface area contributed by atoms with Crippen molar-refractivity contribution >= 4 is 6.08 Å². The predicted molar refractivity (Wildman–Crippen MR) is 76.8 cm³/mol. The average Bonchev–Trinajstić information content (AvgIpc) is 2.85. The molecule has 5 nitrogen and oxygen atoms in total. The Kier molecular flexibility index (Phi) is 4.03. The lowest BCUT2D eigenvalue weighted by molar-refractivity contribution is 0.290. The van der Waals surface area contributed by atoms with Crippen LogP contribution in [0.15, 0.2) is 11.1 Å². The summed E-state index contributed by atoms with van der Waals surface area (Å²) < 4.78 is 31.1. The molecule has 118 valence electrons. The molecule has 1 saturated carbocycles. The van der Waals surface area contributed by atoms with Gasteiger partial charge in [-0.2, -0.15) is 4.99 Å². The number of hydrogen-bond donors (Lipinski definition) is 0. The summed E-state index contributed by atoms with van der Waals surface area (Å²) in [5, 5.41) is 0. The van der Waals surface area contributed by atoms with Crippen LogP contribution >= 0.6 is 0 Å². The number of methoxy groups -OCH3 is 1. The molecule has 0 atom stereocenters. The van der Waals surface area contributed by atoms with Crippen LogP contribution < -0.4 is 14.2 Å². The van der Waals surface area contributed by atoms with Gasteiger partial charge in [-0.15, -0.1) is 0 Å². The molecule has 0 bridgehead atoms. The van der Waals surface area contributed by atoms with E-state index in [9.17, 15) is 9.18 Å². The van der Waals surface area contributed by atoms with Gasteiger partial charge in [-0.1, -0.05) is 12.8 Å². The molecule has 22 heavy (non-hydrogen) atoms. The van der Waals surface area contributed by atoms with Crippen LogP contribution in [0.1, 0.15) is 37.7 Å². The molecular formula is C16H18FNO4. The van der Waals surface area contributed by atoms with Crippen LogP contribution in [0.2, 0.25) is 0 Å². The van der Waals surface area contributed by atoms with E-state index in [4.69, 9.17) is 14.2 Å². The number of isocyanates is 1. The molecule has 2 aliphatic rings. The highest BCUT2D eigenvalue weighted by Gasteiger charge is 2.43. The third kappa shape index (κ3) is 2.33. The Hall–Kier alpha value is -2.07. The predicted octanol–water partition coefficient (Wildman–Crippen LogP) is 3.10. The lowest BCUT2D eigenvalue weighted by Gasteiger charge is -2.28. The van der Waals surface area contributed by atoms with Gasteiger partial charge in [0.15, 0.2) is 23.1 Å². The molecule has 0 saturated heterocycles. The van der Waals surface area contributed by atoms with E-state index in [0.717, 1.165) is 12.8 Å². The van der Waals surface area contributed by atoms with E-state index in [-0.39, 0.29) is 5.75 Å². The van der Waals surface area contributed by atoms with Crippen molar-refractivity contribution in [2.45, 2.75) is 37.6 Å². The van der Waals surface area contributed by atoms with E-state index in [1.54, 1.807) is 6.08 Å². The first kappa shape index (κ1) is 14.9. The Morgan fingerprint density at radius 2 is 2.00 bits per heavy atom. The molecule has 1 heterocycles. The van der Waals surface area contributed by atoms with Gasteiger partial charge in [-0.05, 0) is 12.8 Å². The molecule has 1 aliphatic carbocycles. The number of hydrogen-bond acceptors (Lipinski definition) is 5. The van der Waals surface area contributed by atoms with Crippen molar-refractivity contribution in [3.8, 4) is 17.2 Å². The van der Waals surface area contributed by atoms with Gasteiger partial charge in [-0.25, -0.2) is 9.18 Å². The van der Waals surface area contributed by atoms with Crippen molar-refractivity contribution in [2.75, 3.05) is 20.3 Å². The Labute approximate surface area is 128 Å². The molecule has 1 aliphatic heterocycles. The minimum atomic E-state index is -0.840. The number of aliphatic imine (C=N–C) groups is 1. The van der Waals surface area contributed by atoms with E-state index < -0.39 is 11.4 Å². The van der Waals surface area contributed by atoms with Crippen molar-refractivity contribution in [3.05, 3.63) is 17.4 Å². The first-order chi connectivity index (χ1) is 10.7. The van der Waals surface area contributed by atoms with Gasteiger partial charge in [0.1, 0.15) is 5.54 Å². The van der Waals surface area contributed by atoms with E-state index in [1.807, 2.05) is 0 Å². The second-order valence-electron chi connectivity index (χ2n) is 5.59. The lowest BCUT2D eigenvalue weighted by Crippen LogP contribution is -2.22. The number of nitrogens with zero attached hydrogens (tertiary/aromatic N) is 1. The zero-order valence-electron chi connectivity index (χ0n) is 12.5. The second kappa shape index (κ2) is 5.97. The summed E-state index contributed by atoms with van der Waals surface area (Å²) in [7, 11) is 1.40. The van der Waals surface area contributed by atoms with Gasteiger partial charge in [0.2, 0.25) is 6.08 Å². The molecular weight excluding hydrogens is 289 g/mol. The number of halogens is 1. The van der Waals surface area contributed by atoms with Gasteiger partial charge < -0.3 is 14.2 Å². The Bertz CT molecular complexity index is 619. The molecule has 0 spiro atoms. The molecule has 0 amide bonds. The van der Waals surface area contributed by atoms with E-state index in [0.29, 0.717) is 49.5 Å². The lowest BCUT2D eigenvalue weighted by atomic mass is 9.86. The van der Waals surface area contributed by atoms with Crippen molar-refractivity contribution in [3.63, 3.8) is 0 Å². The van der Waals surface area contributed by atoms with Crippen molar-refractivity contribution in [1.82, 2.24) is 0 Å². The number of benzene rings is 1. The molecule has 1 fully saturated rings. The van der Waals surface area contributed by atoms with Crippen molar-refractivity contribution in [2.24, 2.45) is 4.99 Å². The van der Waals surface area contributed by atoms with Gasteiger partial charge in [0.25, 0.3) is 0 Å². The molecule has 6 heteroatoms. The fraction of sp³-hybridized carbons (Fsp3) is 0.562. The summed E-state index contributed by atoms with van der Waals surface area (Å²) >= 11 is 0. The standard InChI is InChI=1S/C16H18FNO4/c1-20-14-11(17)9-12-15(22-8-4-7-21-12)13(14)16(18-10-19)5-2-3-6-16/h9H,2-8H2,1H3. The zero-order valence-corrected chi connectivity index (χ0v) is 12.5. The van der Waals surface area contributed by atoms with Crippen LogP contribution in [0.4, 0.5) is 4.39 Å². The number of rotatable bonds is 3. The van der Waals surface area contributed by atoms with Gasteiger partial charge in [0, 0.05) is 12.5 Å². The maximum absolute atomic E-state index is 14.4. The highest BCUT2D eigenvalue weighted by molar-refractivity contribution is 5.59. The SMILES string of the molecule is COc1c(F)cc2c(c1C1(N=C=O)CCCC1)OCCCO2. The average molecular weight is 307 g/mol. The van der Waals surface area contributed by atoms with Crippen LogP contribution in [0.5, 0.6) is 17.2 Å². The molecule has 3 rings (SSSR count). The third-order valence-corrected chi connectivity index (χ3v) is 4.31. The fourth-order valence-electron chi connectivity index (χ4n) is 3.34. The van der Waals surface area contributed by atoms with Gasteiger partial charge in [-0.3, -0.25) is 0 Å². The summed E-state index contributed by atoms with van der Waals surface area (Å²) in [4.78, 5) is 15.0. The minimum absolute atomic E-state index is 0.0742. The first-order valence-electron chi connectivity index (χ1n) is 7.47. The number of ether oxygens (including phenoxy) is 3. The summed E-state index contributed by atoms with van der Waals surface area (Å²) in [5.74, 6) is 0.328. The molecule has 0 unspecified atom stereocenters. The Morgan fingerprint density at radius 1 is 1.27 bits per heavy atom. The van der Waals surface area contributed by atoms with Crippen LogP contribution in [0.3, 0.4) is 0 Å². The van der Waals surface area contributed by atoms with Gasteiger partial charge in [0.05, 0.1) is 25.9 Å². The van der Waals surface area contributed by atoms with Crippen LogP contribution in [-0.4, -0.2) is 26.4 Å². The monoisotopic (exact) mass is 307 g/mol. The van der Waals surface area contributed by atoms with E-state index in [2.05, 4.69) is 4.99 Å². The highest BCUT2D eigenvalue weighted by atomic mass is 19.1. The number of fused-ring (bicyclic) bond motifs is 1. The van der Waals surface area contributed by atoms with E-state index in [1.165, 1.54) is 13.2 Å². The maximum Gasteiger partial charge on any atom is 0.235 e. The van der Waals surface area contributed by atoms with Crippen molar-refractivity contribution in [1.29, 1.82) is 0 Å². The normalized spacial score (nSPS) is 19.2. The van der Waals surface area contributed by atoms with E-state index >= 15 is 0 Å². The van der Waals surface area contributed by atoms with Crippen molar-refractivity contribution < 1.29 is 23.4 Å². The minimum Gasteiger partial charge on any atom is -0.493 e. The summed E-state index contributed by atoms with van der Waals surface area (Å²) in [6.45, 7) is 0.928. The molecule has 1 aromatic carbocycles. The molecule has 0 radical (unpaired) electrons. The number of carbonyl (C=O) groups excluding carboxylic acids is 1. The fourth-order valence-corrected chi connectivity index (χ4v) is 3.34. The topological polar surface area (TPSA) is 57.1 Å². The highest BCUT2D eigenvalue weighted by Crippen LogP contribution is 2.53. The Balaban J connectivity index is 2.27. The Morgan fingerprint density at radius 3 is 2.68 bits per heavy atom. The largest absolute Gasteiger partial charge is 0.493 e. The summed E-state index contributed by atoms with van der Waals surface area (Å²) in [6.07, 6.45) is 5.43. The smallest absolute Gasteiger partial charge is 0.235 e. The van der Waals surface area contributed by atoms with Crippen LogP contribution in [0, 0.1) is 5.82 Å². The first-order valence-corrected chi connectivity index (χ1v) is 7.47. The zero-order chi connectivity index (χ0) is 15.6. The summed E-state index contributed by atoms with van der Waals surface area (Å²) in [6, 6.07) is 1.27. The third-order valence-electron chi connectivity index (χ3n) is 4.31. The van der Waals surface area contributed by atoms with Crippen LogP contribution in [0.25, 0.3) is 0 Å². The van der Waals surface area contributed by atoms with Gasteiger partial charge >= 0.3 is 0 Å². The molecule has 1 aromatic rings. The molecule has 0 N–H and O–H groups in total. The second-order valence-corrected chi connectivity index (χ2v) is 5.59. The quantitative estimate of drug-likeness (QED) is 0.636. The molecule has 0 aromatic heterocycles. The summed E-state index contributed by atoms with van der Waals surface area (Å²) in [5.41, 5.74) is -0.361.